The van der Waals surface area contributed by atoms with Crippen LogP contribution in [-0.4, -0.2) is 47.1 Å². The molecule has 1 aromatic heterocycles. The highest BCUT2D eigenvalue weighted by Gasteiger charge is 2.24. The molecule has 1 heterocycles. The second kappa shape index (κ2) is 9.41. The van der Waals surface area contributed by atoms with Gasteiger partial charge in [-0.15, -0.1) is 12.4 Å². The Balaban J connectivity index is 0.00000312. The van der Waals surface area contributed by atoms with Crippen LogP contribution in [0.2, 0.25) is 5.02 Å². The molecule has 0 fully saturated rings. The van der Waals surface area contributed by atoms with E-state index in [9.17, 15) is 9.59 Å². The maximum Gasteiger partial charge on any atom is 0.244 e. The summed E-state index contributed by atoms with van der Waals surface area (Å²) in [4.78, 5) is 26.0. The summed E-state index contributed by atoms with van der Waals surface area (Å²) in [6.07, 6.45) is 3.39. The summed E-state index contributed by atoms with van der Waals surface area (Å²) in [6.45, 7) is -0.0657. The van der Waals surface area contributed by atoms with E-state index in [0.29, 0.717) is 10.7 Å². The third kappa shape index (κ3) is 5.74. The first kappa shape index (κ1) is 21.0. The van der Waals surface area contributed by atoms with Crippen LogP contribution < -0.4 is 10.6 Å². The summed E-state index contributed by atoms with van der Waals surface area (Å²) in [5.74, 6) is -0.513. The molecule has 9 heteroatoms. The zero-order valence-corrected chi connectivity index (χ0v) is 15.8. The van der Waals surface area contributed by atoms with Crippen molar-refractivity contribution in [3.05, 3.63) is 47.2 Å². The van der Waals surface area contributed by atoms with Crippen molar-refractivity contribution in [3.8, 4) is 0 Å². The van der Waals surface area contributed by atoms with Crippen LogP contribution in [0.1, 0.15) is 11.6 Å². The number of nitrogens with zero attached hydrogens (tertiary/aromatic N) is 3. The molecular weight excluding hydrogens is 365 g/mol. The summed E-state index contributed by atoms with van der Waals surface area (Å²) in [6, 6.07) is 6.29. The number of aromatic nitrogens is 2. The van der Waals surface area contributed by atoms with E-state index in [1.165, 1.54) is 4.90 Å². The lowest BCUT2D eigenvalue weighted by molar-refractivity contribution is -0.135. The maximum absolute atomic E-state index is 12.6. The van der Waals surface area contributed by atoms with Crippen molar-refractivity contribution in [3.63, 3.8) is 0 Å². The number of aryl methyl sites for hydroxylation is 1. The van der Waals surface area contributed by atoms with Gasteiger partial charge in [-0.1, -0.05) is 17.7 Å². The SMILES string of the molecule is CNC(C(=O)N(C)CC(=O)Nc1cccc(Cl)c1)c1cnn(C)c1.Cl. The second-order valence-corrected chi connectivity index (χ2v) is 5.86. The summed E-state index contributed by atoms with van der Waals surface area (Å²) in [5, 5.41) is 10.3. The smallest absolute Gasteiger partial charge is 0.244 e. The molecule has 2 rings (SSSR count). The Morgan fingerprint density at radius 2 is 2.12 bits per heavy atom. The molecule has 0 aliphatic heterocycles. The van der Waals surface area contributed by atoms with Crippen molar-refractivity contribution in [2.45, 2.75) is 6.04 Å². The topological polar surface area (TPSA) is 79.3 Å². The van der Waals surface area contributed by atoms with Crippen molar-refractivity contribution in [1.82, 2.24) is 20.0 Å². The highest BCUT2D eigenvalue weighted by Crippen LogP contribution is 2.16. The quantitative estimate of drug-likeness (QED) is 0.794. The lowest BCUT2D eigenvalue weighted by atomic mass is 10.1. The average molecular weight is 386 g/mol. The van der Waals surface area contributed by atoms with Gasteiger partial charge in [-0.3, -0.25) is 14.3 Å². The third-order valence-electron chi connectivity index (χ3n) is 3.46. The zero-order valence-electron chi connectivity index (χ0n) is 14.2. The van der Waals surface area contributed by atoms with E-state index < -0.39 is 6.04 Å². The van der Waals surface area contributed by atoms with Crippen molar-refractivity contribution in [1.29, 1.82) is 0 Å². The van der Waals surface area contributed by atoms with E-state index in [4.69, 9.17) is 11.6 Å². The van der Waals surface area contributed by atoms with Gasteiger partial charge in [-0.2, -0.15) is 5.10 Å². The molecule has 136 valence electrons. The van der Waals surface area contributed by atoms with Crippen LogP contribution in [0.25, 0.3) is 0 Å². The van der Waals surface area contributed by atoms with E-state index in [1.54, 1.807) is 62.5 Å². The van der Waals surface area contributed by atoms with Crippen LogP contribution in [0.3, 0.4) is 0 Å². The van der Waals surface area contributed by atoms with Crippen molar-refractivity contribution in [2.75, 3.05) is 26.0 Å². The van der Waals surface area contributed by atoms with Gasteiger partial charge in [0.05, 0.1) is 12.7 Å². The summed E-state index contributed by atoms with van der Waals surface area (Å²) < 4.78 is 1.62. The van der Waals surface area contributed by atoms with Crippen LogP contribution in [0.15, 0.2) is 36.7 Å². The fraction of sp³-hybridized carbons (Fsp3) is 0.312. The highest BCUT2D eigenvalue weighted by atomic mass is 35.5. The molecule has 1 unspecified atom stereocenters. The highest BCUT2D eigenvalue weighted by molar-refractivity contribution is 6.30. The van der Waals surface area contributed by atoms with E-state index in [1.807, 2.05) is 0 Å². The molecule has 1 atom stereocenters. The molecule has 25 heavy (non-hydrogen) atoms. The molecule has 0 aliphatic rings. The molecule has 0 aliphatic carbocycles. The molecule has 0 saturated carbocycles. The molecule has 0 bridgehead atoms. The molecule has 2 aromatic rings. The first-order valence-electron chi connectivity index (χ1n) is 7.37. The number of hydrogen-bond acceptors (Lipinski definition) is 4. The molecular formula is C16H21Cl2N5O2. The number of halogens is 2. The molecule has 1 aromatic carbocycles. The number of anilines is 1. The Labute approximate surface area is 157 Å². The van der Waals surface area contributed by atoms with Crippen molar-refractivity contribution < 1.29 is 9.59 Å². The van der Waals surface area contributed by atoms with Crippen LogP contribution in [0.5, 0.6) is 0 Å². The molecule has 2 N–H and O–H groups in total. The monoisotopic (exact) mass is 385 g/mol. The van der Waals surface area contributed by atoms with E-state index in [-0.39, 0.29) is 30.8 Å². The number of hydrogen-bond donors (Lipinski definition) is 2. The van der Waals surface area contributed by atoms with Gasteiger partial charge in [0.15, 0.2) is 0 Å². The van der Waals surface area contributed by atoms with E-state index in [0.717, 1.165) is 5.56 Å². The van der Waals surface area contributed by atoms with Crippen LogP contribution in [-0.2, 0) is 16.6 Å². The number of amides is 2. The minimum Gasteiger partial charge on any atom is -0.335 e. The number of benzene rings is 1. The van der Waals surface area contributed by atoms with Gasteiger partial charge < -0.3 is 15.5 Å². The standard InChI is InChI=1S/C16H20ClN5O2.ClH/c1-18-15(11-8-19-22(3)9-11)16(24)21(2)10-14(23)20-13-6-4-5-12(17)7-13;/h4-9,15,18H,10H2,1-3H3,(H,20,23);1H. The molecule has 0 spiro atoms. The molecule has 7 nitrogen and oxygen atoms in total. The van der Waals surface area contributed by atoms with Crippen molar-refractivity contribution in [2.24, 2.45) is 7.05 Å². The average Bonchev–Trinajstić information content (AvgIpc) is 2.94. The fourth-order valence-electron chi connectivity index (χ4n) is 2.30. The van der Waals surface area contributed by atoms with Gasteiger partial charge in [-0.25, -0.2) is 0 Å². The van der Waals surface area contributed by atoms with Gasteiger partial charge in [-0.05, 0) is 25.2 Å². The Bertz CT molecular complexity index is 735. The molecule has 0 saturated heterocycles. The molecule has 2 amide bonds. The summed E-state index contributed by atoms with van der Waals surface area (Å²) in [7, 11) is 5.05. The first-order chi connectivity index (χ1) is 11.4. The fourth-order valence-corrected chi connectivity index (χ4v) is 2.49. The van der Waals surface area contributed by atoms with Crippen molar-refractivity contribution >= 4 is 41.5 Å². The minimum atomic E-state index is -0.553. The second-order valence-electron chi connectivity index (χ2n) is 5.42. The number of carbonyl (C=O) groups excluding carboxylic acids is 2. The van der Waals surface area contributed by atoms with E-state index in [2.05, 4.69) is 15.7 Å². The molecule has 0 radical (unpaired) electrons. The predicted octanol–water partition coefficient (Wildman–Crippen LogP) is 1.85. The van der Waals surface area contributed by atoms with Gasteiger partial charge in [0.2, 0.25) is 11.8 Å². The van der Waals surface area contributed by atoms with Gasteiger partial charge >= 0.3 is 0 Å². The van der Waals surface area contributed by atoms with Crippen LogP contribution in [0, 0.1) is 0 Å². The number of nitrogens with one attached hydrogen (secondary N) is 2. The van der Waals surface area contributed by atoms with Gasteiger partial charge in [0.1, 0.15) is 6.04 Å². The summed E-state index contributed by atoms with van der Waals surface area (Å²) in [5.41, 5.74) is 1.33. The largest absolute Gasteiger partial charge is 0.335 e. The van der Waals surface area contributed by atoms with Crippen LogP contribution in [0.4, 0.5) is 5.69 Å². The number of carbonyl (C=O) groups is 2. The first-order valence-corrected chi connectivity index (χ1v) is 7.74. The lowest BCUT2D eigenvalue weighted by Gasteiger charge is -2.22. The summed E-state index contributed by atoms with van der Waals surface area (Å²) >= 11 is 5.88. The predicted molar refractivity (Wildman–Crippen MR) is 100.0 cm³/mol. The minimum absolute atomic E-state index is 0. The maximum atomic E-state index is 12.6. The number of rotatable bonds is 6. The zero-order chi connectivity index (χ0) is 17.7. The Kier molecular flexibility index (Phi) is 7.89. The Hall–Kier alpha value is -2.09. The Morgan fingerprint density at radius 3 is 2.68 bits per heavy atom. The van der Waals surface area contributed by atoms with Gasteiger partial charge in [0, 0.05) is 36.6 Å². The van der Waals surface area contributed by atoms with Gasteiger partial charge in [0.25, 0.3) is 0 Å². The Morgan fingerprint density at radius 1 is 1.40 bits per heavy atom. The van der Waals surface area contributed by atoms with Crippen LogP contribution >= 0.6 is 24.0 Å². The third-order valence-corrected chi connectivity index (χ3v) is 3.69. The normalized spacial score (nSPS) is 11.4. The lowest BCUT2D eigenvalue weighted by Crippen LogP contribution is -2.41. The number of likely N-dealkylation sites (N-methyl/N-ethyl adjacent to an activating group) is 2. The van der Waals surface area contributed by atoms with E-state index >= 15 is 0 Å².